The number of nitrogens with zero attached hydrogens (tertiary/aromatic N) is 3. The van der Waals surface area contributed by atoms with Gasteiger partial charge in [-0.15, -0.1) is 0 Å². The Morgan fingerprint density at radius 1 is 1.26 bits per heavy atom. The van der Waals surface area contributed by atoms with Crippen LogP contribution in [0.2, 0.25) is 0 Å². The standard InChI is InChI=1S/C14H24N4O/c1-5-15-12-7-8-13(16-11-12)14(19)18(4)10-6-9-17(2)3/h7-8,11,15H,5-6,9-10H2,1-4H3. The van der Waals surface area contributed by atoms with E-state index < -0.39 is 0 Å². The van der Waals surface area contributed by atoms with Gasteiger partial charge in [0.1, 0.15) is 5.69 Å². The van der Waals surface area contributed by atoms with E-state index in [-0.39, 0.29) is 5.91 Å². The van der Waals surface area contributed by atoms with Gasteiger partial charge in [-0.25, -0.2) is 4.98 Å². The molecule has 1 rings (SSSR count). The van der Waals surface area contributed by atoms with E-state index in [9.17, 15) is 4.79 Å². The third-order valence-electron chi connectivity index (χ3n) is 2.81. The molecule has 0 unspecified atom stereocenters. The fourth-order valence-electron chi connectivity index (χ4n) is 1.75. The number of hydrogen-bond donors (Lipinski definition) is 1. The maximum absolute atomic E-state index is 12.1. The van der Waals surface area contributed by atoms with Gasteiger partial charge in [0, 0.05) is 20.1 Å². The number of rotatable bonds is 7. The predicted molar refractivity (Wildman–Crippen MR) is 78.5 cm³/mol. The molecular weight excluding hydrogens is 240 g/mol. The van der Waals surface area contributed by atoms with E-state index in [4.69, 9.17) is 0 Å². The molecule has 1 aromatic heterocycles. The summed E-state index contributed by atoms with van der Waals surface area (Å²) < 4.78 is 0. The number of carbonyl (C=O) groups is 1. The maximum Gasteiger partial charge on any atom is 0.272 e. The Labute approximate surface area is 115 Å². The van der Waals surface area contributed by atoms with Crippen LogP contribution in [0.4, 0.5) is 5.69 Å². The van der Waals surface area contributed by atoms with Crippen molar-refractivity contribution in [2.45, 2.75) is 13.3 Å². The van der Waals surface area contributed by atoms with E-state index >= 15 is 0 Å². The average molecular weight is 264 g/mol. The van der Waals surface area contributed by atoms with E-state index in [0.717, 1.165) is 31.7 Å². The maximum atomic E-state index is 12.1. The SMILES string of the molecule is CCNc1ccc(C(=O)N(C)CCCN(C)C)nc1. The molecule has 0 bridgehead atoms. The summed E-state index contributed by atoms with van der Waals surface area (Å²) in [6, 6.07) is 3.65. The minimum Gasteiger partial charge on any atom is -0.384 e. The topological polar surface area (TPSA) is 48.5 Å². The zero-order valence-electron chi connectivity index (χ0n) is 12.3. The lowest BCUT2D eigenvalue weighted by Gasteiger charge is -2.18. The van der Waals surface area contributed by atoms with Crippen molar-refractivity contribution in [1.29, 1.82) is 0 Å². The van der Waals surface area contributed by atoms with E-state index in [1.165, 1.54) is 0 Å². The van der Waals surface area contributed by atoms with Crippen LogP contribution in [0.1, 0.15) is 23.8 Å². The lowest BCUT2D eigenvalue weighted by Crippen LogP contribution is -2.30. The Kier molecular flexibility index (Phi) is 6.29. The third kappa shape index (κ3) is 5.26. The molecule has 0 radical (unpaired) electrons. The molecule has 1 N–H and O–H groups in total. The van der Waals surface area contributed by atoms with E-state index in [0.29, 0.717) is 5.69 Å². The number of amides is 1. The summed E-state index contributed by atoms with van der Waals surface area (Å²) >= 11 is 0. The summed E-state index contributed by atoms with van der Waals surface area (Å²) in [6.45, 7) is 4.59. The summed E-state index contributed by atoms with van der Waals surface area (Å²) in [5.74, 6) is -0.0261. The highest BCUT2D eigenvalue weighted by molar-refractivity contribution is 5.92. The number of pyridine rings is 1. The van der Waals surface area contributed by atoms with Crippen molar-refractivity contribution in [2.75, 3.05) is 46.1 Å². The van der Waals surface area contributed by atoms with E-state index in [1.54, 1.807) is 17.2 Å². The van der Waals surface area contributed by atoms with Gasteiger partial charge >= 0.3 is 0 Å². The number of carbonyl (C=O) groups excluding carboxylic acids is 1. The molecule has 1 heterocycles. The number of nitrogens with one attached hydrogen (secondary N) is 1. The van der Waals surface area contributed by atoms with Gasteiger partial charge < -0.3 is 15.1 Å². The molecule has 1 aromatic rings. The number of aromatic nitrogens is 1. The molecule has 19 heavy (non-hydrogen) atoms. The van der Waals surface area contributed by atoms with E-state index in [2.05, 4.69) is 15.2 Å². The van der Waals surface area contributed by atoms with E-state index in [1.807, 2.05) is 34.1 Å². The Balaban J connectivity index is 2.51. The first-order chi connectivity index (χ1) is 9.04. The van der Waals surface area contributed by atoms with Crippen molar-refractivity contribution >= 4 is 11.6 Å². The largest absolute Gasteiger partial charge is 0.384 e. The third-order valence-corrected chi connectivity index (χ3v) is 2.81. The molecule has 0 saturated carbocycles. The van der Waals surface area contributed by atoms with Crippen LogP contribution >= 0.6 is 0 Å². The molecule has 5 heteroatoms. The Bertz CT molecular complexity index is 389. The van der Waals surface area contributed by atoms with Crippen LogP contribution < -0.4 is 5.32 Å². The summed E-state index contributed by atoms with van der Waals surface area (Å²) in [5, 5.41) is 3.16. The summed E-state index contributed by atoms with van der Waals surface area (Å²) in [5.41, 5.74) is 1.43. The van der Waals surface area contributed by atoms with Crippen molar-refractivity contribution in [1.82, 2.24) is 14.8 Å². The minimum atomic E-state index is -0.0261. The predicted octanol–water partition coefficient (Wildman–Crippen LogP) is 1.54. The van der Waals surface area contributed by atoms with Gasteiger partial charge in [-0.05, 0) is 46.1 Å². The average Bonchev–Trinajstić information content (AvgIpc) is 2.38. The van der Waals surface area contributed by atoms with Crippen molar-refractivity contribution in [3.8, 4) is 0 Å². The van der Waals surface area contributed by atoms with Crippen LogP contribution in [-0.4, -0.2) is 61.5 Å². The smallest absolute Gasteiger partial charge is 0.272 e. The molecule has 0 aromatic carbocycles. The van der Waals surface area contributed by atoms with Crippen molar-refractivity contribution in [3.05, 3.63) is 24.0 Å². The fraction of sp³-hybridized carbons (Fsp3) is 0.571. The number of hydrogen-bond acceptors (Lipinski definition) is 4. The van der Waals surface area contributed by atoms with Gasteiger partial charge in [0.15, 0.2) is 0 Å². The van der Waals surface area contributed by atoms with Crippen LogP contribution in [0.3, 0.4) is 0 Å². The van der Waals surface area contributed by atoms with Gasteiger partial charge in [-0.3, -0.25) is 4.79 Å². The molecule has 0 spiro atoms. The Morgan fingerprint density at radius 3 is 2.53 bits per heavy atom. The summed E-state index contributed by atoms with van der Waals surface area (Å²) in [4.78, 5) is 20.2. The zero-order valence-corrected chi connectivity index (χ0v) is 12.3. The highest BCUT2D eigenvalue weighted by Crippen LogP contribution is 2.07. The van der Waals surface area contributed by atoms with Gasteiger partial charge in [-0.2, -0.15) is 0 Å². The number of anilines is 1. The van der Waals surface area contributed by atoms with Crippen LogP contribution in [0, 0.1) is 0 Å². The molecule has 5 nitrogen and oxygen atoms in total. The molecule has 0 saturated heterocycles. The second kappa shape index (κ2) is 7.74. The van der Waals surface area contributed by atoms with Crippen molar-refractivity contribution < 1.29 is 4.79 Å². The molecule has 0 aliphatic carbocycles. The molecule has 106 valence electrons. The van der Waals surface area contributed by atoms with Gasteiger partial charge in [0.25, 0.3) is 5.91 Å². The second-order valence-electron chi connectivity index (χ2n) is 4.85. The molecular formula is C14H24N4O. The molecule has 0 aliphatic rings. The monoisotopic (exact) mass is 264 g/mol. The minimum absolute atomic E-state index is 0.0261. The first kappa shape index (κ1) is 15.4. The lowest BCUT2D eigenvalue weighted by molar-refractivity contribution is 0.0785. The van der Waals surface area contributed by atoms with Crippen molar-refractivity contribution in [3.63, 3.8) is 0 Å². The molecule has 1 amide bonds. The van der Waals surface area contributed by atoms with Gasteiger partial charge in [0.05, 0.1) is 11.9 Å². The normalized spacial score (nSPS) is 10.6. The van der Waals surface area contributed by atoms with Gasteiger partial charge in [-0.1, -0.05) is 0 Å². The molecule has 0 fully saturated rings. The molecule has 0 aliphatic heterocycles. The Morgan fingerprint density at radius 2 is 2.00 bits per heavy atom. The second-order valence-corrected chi connectivity index (χ2v) is 4.85. The first-order valence-corrected chi connectivity index (χ1v) is 6.64. The van der Waals surface area contributed by atoms with Crippen LogP contribution in [0.15, 0.2) is 18.3 Å². The van der Waals surface area contributed by atoms with Crippen molar-refractivity contribution in [2.24, 2.45) is 0 Å². The highest BCUT2D eigenvalue weighted by atomic mass is 16.2. The van der Waals surface area contributed by atoms with Crippen LogP contribution in [-0.2, 0) is 0 Å². The highest BCUT2D eigenvalue weighted by Gasteiger charge is 2.12. The van der Waals surface area contributed by atoms with Crippen LogP contribution in [0.5, 0.6) is 0 Å². The molecule has 0 atom stereocenters. The first-order valence-electron chi connectivity index (χ1n) is 6.64. The Hall–Kier alpha value is -1.62. The summed E-state index contributed by atoms with van der Waals surface area (Å²) in [7, 11) is 5.88. The quantitative estimate of drug-likeness (QED) is 0.811. The lowest BCUT2D eigenvalue weighted by atomic mass is 10.3. The zero-order chi connectivity index (χ0) is 14.3. The van der Waals surface area contributed by atoms with Crippen LogP contribution in [0.25, 0.3) is 0 Å². The van der Waals surface area contributed by atoms with Gasteiger partial charge in [0.2, 0.25) is 0 Å². The summed E-state index contributed by atoms with van der Waals surface area (Å²) in [6.07, 6.45) is 2.66. The fourth-order valence-corrected chi connectivity index (χ4v) is 1.75.